The molecular formula is C23H13Cl3N2O3S. The van der Waals surface area contributed by atoms with Crippen molar-refractivity contribution in [3.63, 3.8) is 0 Å². The van der Waals surface area contributed by atoms with Gasteiger partial charge in [0.05, 0.1) is 21.8 Å². The largest absolute Gasteiger partial charge is 0.422 e. The number of nitrogens with one attached hydrogen (secondary N) is 1. The van der Waals surface area contributed by atoms with Crippen LogP contribution in [0, 0.1) is 0 Å². The number of nitrogens with zero attached hydrogens (tertiary/aromatic N) is 1. The summed E-state index contributed by atoms with van der Waals surface area (Å²) < 4.78 is 6.39. The Kier molecular flexibility index (Phi) is 6.77. The summed E-state index contributed by atoms with van der Waals surface area (Å²) in [4.78, 5) is 25.2. The van der Waals surface area contributed by atoms with Gasteiger partial charge in [-0.3, -0.25) is 4.79 Å². The molecule has 5 nitrogen and oxygen atoms in total. The molecule has 0 fully saturated rings. The molecule has 160 valence electrons. The van der Waals surface area contributed by atoms with Gasteiger partial charge >= 0.3 is 5.97 Å². The standard InChI is InChI=1S/C23H13Cl3N2O3S/c24-14-8-9-16(18(25)11-14)22(29)28-27-12-13-4-3-5-15(10-13)31-23(30)21-20(26)17-6-1-2-7-19(17)32-21/h1-12H,(H,28,29)/b27-12+. The zero-order valence-electron chi connectivity index (χ0n) is 16.1. The molecule has 0 unspecified atom stereocenters. The molecule has 1 heterocycles. The van der Waals surface area contributed by atoms with Crippen molar-refractivity contribution in [3.05, 3.63) is 97.8 Å². The highest BCUT2D eigenvalue weighted by Gasteiger charge is 2.19. The number of thiophene rings is 1. The van der Waals surface area contributed by atoms with Gasteiger partial charge in [0.15, 0.2) is 0 Å². The summed E-state index contributed by atoms with van der Waals surface area (Å²) in [5.74, 6) is -0.708. The first-order valence-electron chi connectivity index (χ1n) is 9.20. The Bertz CT molecular complexity index is 1370. The molecule has 4 aromatic rings. The summed E-state index contributed by atoms with van der Waals surface area (Å²) in [6, 6.07) is 18.7. The van der Waals surface area contributed by atoms with E-state index in [9.17, 15) is 9.59 Å². The number of fused-ring (bicyclic) bond motifs is 1. The van der Waals surface area contributed by atoms with E-state index in [0.29, 0.717) is 26.2 Å². The maximum Gasteiger partial charge on any atom is 0.355 e. The normalized spacial score (nSPS) is 11.1. The first-order chi connectivity index (χ1) is 15.4. The third-order valence-electron chi connectivity index (χ3n) is 4.34. The quantitative estimate of drug-likeness (QED) is 0.140. The number of hydrazone groups is 1. The van der Waals surface area contributed by atoms with Crippen LogP contribution >= 0.6 is 46.1 Å². The van der Waals surface area contributed by atoms with Crippen molar-refractivity contribution in [2.45, 2.75) is 0 Å². The number of esters is 1. The van der Waals surface area contributed by atoms with E-state index in [2.05, 4.69) is 10.5 Å². The van der Waals surface area contributed by atoms with Gasteiger partial charge in [0.1, 0.15) is 10.6 Å². The number of carbonyl (C=O) groups is 2. The summed E-state index contributed by atoms with van der Waals surface area (Å²) in [5, 5.41) is 5.76. The molecule has 0 atom stereocenters. The predicted octanol–water partition coefficient (Wildman–Crippen LogP) is 6.84. The van der Waals surface area contributed by atoms with Gasteiger partial charge in [0.25, 0.3) is 5.91 Å². The molecular weight excluding hydrogens is 491 g/mol. The molecule has 0 saturated carbocycles. The van der Waals surface area contributed by atoms with Crippen molar-refractivity contribution in [2.24, 2.45) is 5.10 Å². The van der Waals surface area contributed by atoms with Crippen LogP contribution in [0.3, 0.4) is 0 Å². The van der Waals surface area contributed by atoms with E-state index in [0.717, 1.165) is 10.1 Å². The molecule has 0 spiro atoms. The third kappa shape index (κ3) is 4.95. The summed E-state index contributed by atoms with van der Waals surface area (Å²) in [6.07, 6.45) is 1.42. The van der Waals surface area contributed by atoms with Crippen LogP contribution in [0.2, 0.25) is 15.1 Å². The molecule has 0 bridgehead atoms. The van der Waals surface area contributed by atoms with Crippen molar-refractivity contribution < 1.29 is 14.3 Å². The van der Waals surface area contributed by atoms with Gasteiger partial charge in [-0.05, 0) is 42.0 Å². The fourth-order valence-electron chi connectivity index (χ4n) is 2.86. The van der Waals surface area contributed by atoms with Gasteiger partial charge in [-0.2, -0.15) is 5.10 Å². The van der Waals surface area contributed by atoms with Crippen molar-refractivity contribution in [1.82, 2.24) is 5.43 Å². The van der Waals surface area contributed by atoms with Crippen LogP contribution in [0.15, 0.2) is 71.8 Å². The topological polar surface area (TPSA) is 67.8 Å². The van der Waals surface area contributed by atoms with Crippen LogP contribution in [0.5, 0.6) is 5.75 Å². The molecule has 0 aliphatic rings. The van der Waals surface area contributed by atoms with Gasteiger partial charge < -0.3 is 4.74 Å². The van der Waals surface area contributed by atoms with Crippen molar-refractivity contribution in [2.75, 3.05) is 0 Å². The highest BCUT2D eigenvalue weighted by molar-refractivity contribution is 7.21. The number of ether oxygens (including phenoxy) is 1. The van der Waals surface area contributed by atoms with Crippen LogP contribution in [-0.2, 0) is 0 Å². The van der Waals surface area contributed by atoms with Crippen LogP contribution in [0.25, 0.3) is 10.1 Å². The highest BCUT2D eigenvalue weighted by atomic mass is 35.5. The second-order valence-electron chi connectivity index (χ2n) is 6.53. The monoisotopic (exact) mass is 502 g/mol. The predicted molar refractivity (Wildman–Crippen MR) is 130 cm³/mol. The lowest BCUT2D eigenvalue weighted by atomic mass is 10.2. The van der Waals surface area contributed by atoms with E-state index in [1.165, 1.54) is 29.7 Å². The maximum atomic E-state index is 12.6. The van der Waals surface area contributed by atoms with Crippen molar-refractivity contribution >= 4 is 74.3 Å². The van der Waals surface area contributed by atoms with Gasteiger partial charge in [-0.25, -0.2) is 10.2 Å². The second-order valence-corrected chi connectivity index (χ2v) is 8.80. The van der Waals surface area contributed by atoms with E-state index >= 15 is 0 Å². The van der Waals surface area contributed by atoms with E-state index < -0.39 is 11.9 Å². The smallest absolute Gasteiger partial charge is 0.355 e. The number of amides is 1. The number of carbonyl (C=O) groups excluding carboxylic acids is 2. The molecule has 0 saturated heterocycles. The molecule has 9 heteroatoms. The maximum absolute atomic E-state index is 12.6. The molecule has 1 aromatic heterocycles. The molecule has 1 N–H and O–H groups in total. The number of halogens is 3. The first-order valence-corrected chi connectivity index (χ1v) is 11.1. The van der Waals surface area contributed by atoms with Crippen LogP contribution in [0.1, 0.15) is 25.6 Å². The molecule has 0 radical (unpaired) electrons. The number of rotatable bonds is 5. The first kappa shape index (κ1) is 22.3. The number of hydrogen-bond donors (Lipinski definition) is 1. The van der Waals surface area contributed by atoms with Gasteiger partial charge in [-0.1, -0.05) is 65.1 Å². The van der Waals surface area contributed by atoms with Gasteiger partial charge in [-0.15, -0.1) is 11.3 Å². The Hall–Kier alpha value is -2.90. The summed E-state index contributed by atoms with van der Waals surface area (Å²) >= 11 is 19.5. The van der Waals surface area contributed by atoms with Gasteiger partial charge in [0.2, 0.25) is 0 Å². The molecule has 32 heavy (non-hydrogen) atoms. The average molecular weight is 504 g/mol. The molecule has 0 aliphatic heterocycles. The fraction of sp³-hybridized carbons (Fsp3) is 0. The van der Waals surface area contributed by atoms with Crippen LogP contribution in [0.4, 0.5) is 0 Å². The lowest BCUT2D eigenvalue weighted by molar-refractivity contribution is 0.0740. The molecule has 4 rings (SSSR count). The number of benzene rings is 3. The van der Waals surface area contributed by atoms with E-state index in [1.807, 2.05) is 24.3 Å². The third-order valence-corrected chi connectivity index (χ3v) is 6.55. The van der Waals surface area contributed by atoms with Crippen LogP contribution < -0.4 is 10.2 Å². The summed E-state index contributed by atoms with van der Waals surface area (Å²) in [7, 11) is 0. The molecule has 1 amide bonds. The fourth-order valence-corrected chi connectivity index (χ4v) is 4.74. The van der Waals surface area contributed by atoms with Crippen molar-refractivity contribution in [3.8, 4) is 5.75 Å². The minimum atomic E-state index is -0.545. The SMILES string of the molecule is O=C(N/N=C/c1cccc(OC(=O)c2sc3ccccc3c2Cl)c1)c1ccc(Cl)cc1Cl. The summed E-state index contributed by atoms with van der Waals surface area (Å²) in [6.45, 7) is 0. The lowest BCUT2D eigenvalue weighted by Crippen LogP contribution is -2.18. The Morgan fingerprint density at radius 1 is 0.969 bits per heavy atom. The van der Waals surface area contributed by atoms with E-state index in [4.69, 9.17) is 39.5 Å². The Labute approximate surface area is 202 Å². The summed E-state index contributed by atoms with van der Waals surface area (Å²) in [5.41, 5.74) is 3.25. The highest BCUT2D eigenvalue weighted by Crippen LogP contribution is 2.35. The second kappa shape index (κ2) is 9.71. The van der Waals surface area contributed by atoms with Crippen molar-refractivity contribution in [1.29, 1.82) is 0 Å². The average Bonchev–Trinajstić information content (AvgIpc) is 3.11. The Morgan fingerprint density at radius 2 is 1.78 bits per heavy atom. The zero-order valence-corrected chi connectivity index (χ0v) is 19.2. The van der Waals surface area contributed by atoms with E-state index in [1.54, 1.807) is 30.3 Å². The minimum absolute atomic E-state index is 0.221. The molecule has 3 aromatic carbocycles. The Balaban J connectivity index is 1.44. The zero-order chi connectivity index (χ0) is 22.7. The Morgan fingerprint density at radius 3 is 2.56 bits per heavy atom. The minimum Gasteiger partial charge on any atom is -0.422 e. The van der Waals surface area contributed by atoms with E-state index in [-0.39, 0.29) is 10.6 Å². The lowest BCUT2D eigenvalue weighted by Gasteiger charge is -2.05. The van der Waals surface area contributed by atoms with Crippen LogP contribution in [-0.4, -0.2) is 18.1 Å². The number of hydrogen-bond acceptors (Lipinski definition) is 5. The van der Waals surface area contributed by atoms with Gasteiger partial charge in [0, 0.05) is 15.1 Å². The molecule has 0 aliphatic carbocycles.